The van der Waals surface area contributed by atoms with E-state index in [0.29, 0.717) is 23.8 Å². The summed E-state index contributed by atoms with van der Waals surface area (Å²) >= 11 is 0. The van der Waals surface area contributed by atoms with Crippen molar-refractivity contribution in [1.82, 2.24) is 15.8 Å². The van der Waals surface area contributed by atoms with E-state index in [-0.39, 0.29) is 36.3 Å². The third-order valence-electron chi connectivity index (χ3n) is 3.27. The van der Waals surface area contributed by atoms with Crippen LogP contribution < -0.4 is 15.4 Å². The van der Waals surface area contributed by atoms with Crippen molar-refractivity contribution in [2.45, 2.75) is 32.8 Å². The molecule has 0 fully saturated rings. The predicted molar refractivity (Wildman–Crippen MR) is 101 cm³/mol. The molecule has 1 aromatic heterocycles. The zero-order chi connectivity index (χ0) is 18.3. The van der Waals surface area contributed by atoms with Gasteiger partial charge >= 0.3 is 6.36 Å². The number of halogens is 4. The van der Waals surface area contributed by atoms with Crippen LogP contribution in [0.5, 0.6) is 5.75 Å². The molecule has 0 saturated heterocycles. The largest absolute Gasteiger partial charge is 0.573 e. The van der Waals surface area contributed by atoms with Gasteiger partial charge in [-0.2, -0.15) is 0 Å². The van der Waals surface area contributed by atoms with Crippen LogP contribution in [0.25, 0.3) is 0 Å². The monoisotopic (exact) mass is 484 g/mol. The molecule has 0 bridgehead atoms. The summed E-state index contributed by atoms with van der Waals surface area (Å²) < 4.78 is 46.5. The number of nitrogens with zero attached hydrogens (tertiary/aromatic N) is 2. The van der Waals surface area contributed by atoms with Crippen molar-refractivity contribution in [1.29, 1.82) is 0 Å². The normalized spacial score (nSPS) is 11.7. The second kappa shape index (κ2) is 10.2. The molecule has 2 N–H and O–H groups in total. The molecule has 0 saturated carbocycles. The Hall–Kier alpha value is -1.98. The Morgan fingerprint density at radius 2 is 1.92 bits per heavy atom. The molecule has 1 aromatic carbocycles. The molecule has 0 radical (unpaired) electrons. The highest BCUT2D eigenvalue weighted by Crippen LogP contribution is 2.26. The number of hydrogen-bond acceptors (Lipinski definition) is 4. The van der Waals surface area contributed by atoms with Crippen LogP contribution in [0.4, 0.5) is 13.2 Å². The van der Waals surface area contributed by atoms with Crippen LogP contribution in [0, 0.1) is 0 Å². The van der Waals surface area contributed by atoms with E-state index in [1.54, 1.807) is 19.2 Å². The first-order chi connectivity index (χ1) is 11.9. The van der Waals surface area contributed by atoms with Crippen molar-refractivity contribution in [2.75, 3.05) is 7.05 Å². The topological polar surface area (TPSA) is 71.7 Å². The molecule has 0 aliphatic rings. The molecule has 144 valence electrons. The van der Waals surface area contributed by atoms with Crippen LogP contribution in [0.1, 0.15) is 23.9 Å². The number of benzene rings is 1. The lowest BCUT2D eigenvalue weighted by atomic mass is 10.2. The van der Waals surface area contributed by atoms with Gasteiger partial charge in [0.15, 0.2) is 11.7 Å². The van der Waals surface area contributed by atoms with Crippen LogP contribution in [0.3, 0.4) is 0 Å². The second-order valence-electron chi connectivity index (χ2n) is 5.07. The number of para-hydroxylation sites is 1. The van der Waals surface area contributed by atoms with Crippen molar-refractivity contribution >= 4 is 29.9 Å². The zero-order valence-corrected chi connectivity index (χ0v) is 16.6. The Kier molecular flexibility index (Phi) is 8.69. The molecule has 6 nitrogen and oxygen atoms in total. The third kappa shape index (κ3) is 7.10. The smallest absolute Gasteiger partial charge is 0.405 e. The molecule has 0 spiro atoms. The molecule has 2 aromatic rings. The van der Waals surface area contributed by atoms with Gasteiger partial charge in [0.2, 0.25) is 0 Å². The Bertz CT molecular complexity index is 720. The summed E-state index contributed by atoms with van der Waals surface area (Å²) in [6, 6.07) is 7.75. The quantitative estimate of drug-likeness (QED) is 0.373. The predicted octanol–water partition coefficient (Wildman–Crippen LogP) is 3.62. The number of hydrogen-bond donors (Lipinski definition) is 2. The second-order valence-corrected chi connectivity index (χ2v) is 5.07. The van der Waals surface area contributed by atoms with Gasteiger partial charge in [-0.3, -0.25) is 4.99 Å². The molecule has 0 aliphatic heterocycles. The van der Waals surface area contributed by atoms with Crippen LogP contribution in [-0.4, -0.2) is 24.5 Å². The van der Waals surface area contributed by atoms with Crippen LogP contribution in [-0.2, 0) is 19.5 Å². The Labute approximate surface area is 166 Å². The molecule has 0 unspecified atom stereocenters. The fourth-order valence-corrected chi connectivity index (χ4v) is 2.05. The van der Waals surface area contributed by atoms with Gasteiger partial charge in [0.25, 0.3) is 0 Å². The van der Waals surface area contributed by atoms with Gasteiger partial charge in [0.1, 0.15) is 5.75 Å². The zero-order valence-electron chi connectivity index (χ0n) is 14.3. The van der Waals surface area contributed by atoms with E-state index in [0.717, 1.165) is 12.1 Å². The van der Waals surface area contributed by atoms with Crippen molar-refractivity contribution in [2.24, 2.45) is 4.99 Å². The summed E-state index contributed by atoms with van der Waals surface area (Å²) in [5, 5.41) is 9.81. The number of ether oxygens (including phenoxy) is 1. The number of guanidine groups is 1. The molecular weight excluding hydrogens is 464 g/mol. The molecule has 0 atom stereocenters. The minimum absolute atomic E-state index is 0. The lowest BCUT2D eigenvalue weighted by Crippen LogP contribution is -2.36. The van der Waals surface area contributed by atoms with Gasteiger partial charge in [-0.1, -0.05) is 30.3 Å². The fourth-order valence-electron chi connectivity index (χ4n) is 2.05. The highest BCUT2D eigenvalue weighted by Gasteiger charge is 2.31. The van der Waals surface area contributed by atoms with E-state index in [1.807, 2.05) is 13.0 Å². The maximum atomic E-state index is 12.4. The lowest BCUT2D eigenvalue weighted by molar-refractivity contribution is -0.274. The van der Waals surface area contributed by atoms with Gasteiger partial charge in [-0.15, -0.1) is 37.1 Å². The third-order valence-corrected chi connectivity index (χ3v) is 3.27. The van der Waals surface area contributed by atoms with Crippen molar-refractivity contribution in [3.05, 3.63) is 47.3 Å². The molecule has 2 rings (SSSR count). The maximum Gasteiger partial charge on any atom is 0.573 e. The first-order valence-corrected chi connectivity index (χ1v) is 7.64. The fraction of sp³-hybridized carbons (Fsp3) is 0.375. The van der Waals surface area contributed by atoms with E-state index in [2.05, 4.69) is 25.5 Å². The first-order valence-electron chi connectivity index (χ1n) is 7.64. The van der Waals surface area contributed by atoms with Crippen molar-refractivity contribution < 1.29 is 22.4 Å². The minimum Gasteiger partial charge on any atom is -0.405 e. The number of aliphatic imine (C=N–C) groups is 1. The Balaban J connectivity index is 0.00000338. The molecule has 10 heteroatoms. The molecule has 26 heavy (non-hydrogen) atoms. The van der Waals surface area contributed by atoms with E-state index >= 15 is 0 Å². The SMILES string of the molecule is CCc1cc(CNC(=NC)NCc2ccccc2OC(F)(F)F)on1.I. The Morgan fingerprint density at radius 3 is 2.54 bits per heavy atom. The Morgan fingerprint density at radius 1 is 1.23 bits per heavy atom. The summed E-state index contributed by atoms with van der Waals surface area (Å²) in [5.74, 6) is 0.803. The van der Waals surface area contributed by atoms with E-state index in [4.69, 9.17) is 4.52 Å². The summed E-state index contributed by atoms with van der Waals surface area (Å²) in [4.78, 5) is 4.02. The van der Waals surface area contributed by atoms with Crippen molar-refractivity contribution in [3.63, 3.8) is 0 Å². The molecule has 0 aliphatic carbocycles. The standard InChI is InChI=1S/C16H19F3N4O2.HI/c1-3-12-8-13(25-23-12)10-22-15(20-2)21-9-11-6-4-5-7-14(11)24-16(17,18)19;/h4-8H,3,9-10H2,1-2H3,(H2,20,21,22);1H. The summed E-state index contributed by atoms with van der Waals surface area (Å²) in [7, 11) is 1.56. The van der Waals surface area contributed by atoms with Gasteiger partial charge in [-0.05, 0) is 12.5 Å². The van der Waals surface area contributed by atoms with Crippen LogP contribution in [0.15, 0.2) is 39.8 Å². The van der Waals surface area contributed by atoms with Gasteiger partial charge in [-0.25, -0.2) is 0 Å². The highest BCUT2D eigenvalue weighted by atomic mass is 127. The van der Waals surface area contributed by atoms with Crippen molar-refractivity contribution in [3.8, 4) is 5.75 Å². The van der Waals surface area contributed by atoms with E-state index in [1.165, 1.54) is 12.1 Å². The average Bonchev–Trinajstić information content (AvgIpc) is 3.03. The first kappa shape index (κ1) is 22.1. The summed E-state index contributed by atoms with van der Waals surface area (Å²) in [6.07, 6.45) is -3.97. The number of rotatable bonds is 6. The number of alkyl halides is 3. The number of aryl methyl sites for hydroxylation is 1. The number of aromatic nitrogens is 1. The summed E-state index contributed by atoms with van der Waals surface area (Å²) in [5.41, 5.74) is 1.20. The lowest BCUT2D eigenvalue weighted by Gasteiger charge is -2.15. The summed E-state index contributed by atoms with van der Waals surface area (Å²) in [6.45, 7) is 2.44. The van der Waals surface area contributed by atoms with E-state index < -0.39 is 6.36 Å². The average molecular weight is 484 g/mol. The van der Waals surface area contributed by atoms with Crippen LogP contribution in [0.2, 0.25) is 0 Å². The highest BCUT2D eigenvalue weighted by molar-refractivity contribution is 14.0. The van der Waals surface area contributed by atoms with Gasteiger partial charge in [0.05, 0.1) is 12.2 Å². The van der Waals surface area contributed by atoms with E-state index in [9.17, 15) is 13.2 Å². The molecule has 1 heterocycles. The van der Waals surface area contributed by atoms with Gasteiger partial charge in [0, 0.05) is 25.2 Å². The minimum atomic E-state index is -4.74. The maximum absolute atomic E-state index is 12.4. The number of nitrogens with one attached hydrogen (secondary N) is 2. The van der Waals surface area contributed by atoms with Crippen LogP contribution >= 0.6 is 24.0 Å². The molecular formula is C16H20F3IN4O2. The van der Waals surface area contributed by atoms with Gasteiger partial charge < -0.3 is 19.9 Å². The molecule has 0 amide bonds.